The third-order valence-corrected chi connectivity index (χ3v) is 13.7. The molecule has 0 aromatic rings. The molecule has 212 valence electrons. The first-order chi connectivity index (χ1) is 17.0. The summed E-state index contributed by atoms with van der Waals surface area (Å²) in [5.74, 6) is 1.37. The molecule has 0 unspecified atom stereocenters. The molecule has 0 N–H and O–H groups in total. The van der Waals surface area contributed by atoms with E-state index in [4.69, 9.17) is 9.47 Å². The first-order valence-corrected chi connectivity index (χ1v) is 15.2. The summed E-state index contributed by atoms with van der Waals surface area (Å²) < 4.78 is 11.0. The van der Waals surface area contributed by atoms with Crippen LogP contribution in [0.5, 0.6) is 0 Å². The van der Waals surface area contributed by atoms with Gasteiger partial charge in [0.25, 0.3) is 0 Å². The minimum Gasteiger partial charge on any atom is -0.469 e. The van der Waals surface area contributed by atoms with Crippen molar-refractivity contribution in [3.05, 3.63) is 0 Å². The number of rotatable bonds is 5. The minimum atomic E-state index is -0.206. The average molecular weight is 517 g/mol. The van der Waals surface area contributed by atoms with E-state index >= 15 is 0 Å². The Morgan fingerprint density at radius 3 is 2.05 bits per heavy atom. The maximum Gasteiger partial charge on any atom is 0.305 e. The second kappa shape index (κ2) is 9.26. The van der Waals surface area contributed by atoms with Gasteiger partial charge in [-0.3, -0.25) is 9.59 Å². The van der Waals surface area contributed by atoms with Crippen molar-refractivity contribution in [3.8, 4) is 0 Å². The summed E-state index contributed by atoms with van der Waals surface area (Å²) in [6.45, 7) is 21.4. The van der Waals surface area contributed by atoms with Crippen LogP contribution in [0.25, 0.3) is 0 Å². The third-order valence-electron chi connectivity index (χ3n) is 13.7. The minimum absolute atomic E-state index is 0.113. The smallest absolute Gasteiger partial charge is 0.305 e. The van der Waals surface area contributed by atoms with Gasteiger partial charge in [0, 0.05) is 18.8 Å². The molecule has 0 saturated heterocycles. The highest BCUT2D eigenvalue weighted by Gasteiger charge is 2.70. The number of hydrogen-bond acceptors (Lipinski definition) is 4. The number of fused-ring (bicyclic) bond motifs is 5. The molecule has 4 aliphatic carbocycles. The van der Waals surface area contributed by atoms with Gasteiger partial charge >= 0.3 is 11.9 Å². The van der Waals surface area contributed by atoms with E-state index in [9.17, 15) is 9.59 Å². The predicted molar refractivity (Wildman–Crippen MR) is 149 cm³/mol. The highest BCUT2D eigenvalue weighted by Crippen LogP contribution is 2.77. The largest absolute Gasteiger partial charge is 0.469 e. The summed E-state index contributed by atoms with van der Waals surface area (Å²) in [6, 6.07) is 0. The molecular weight excluding hydrogens is 460 g/mol. The molecule has 0 bridgehead atoms. The van der Waals surface area contributed by atoms with Crippen LogP contribution in [0.3, 0.4) is 0 Å². The molecule has 4 saturated carbocycles. The van der Waals surface area contributed by atoms with E-state index in [1.54, 1.807) is 0 Å². The number of carbonyl (C=O) groups is 2. The summed E-state index contributed by atoms with van der Waals surface area (Å²) in [5.41, 5.74) is 1.48. The van der Waals surface area contributed by atoms with Gasteiger partial charge in [0.1, 0.15) is 6.10 Å². The van der Waals surface area contributed by atoms with E-state index in [1.165, 1.54) is 65.4 Å². The monoisotopic (exact) mass is 516 g/mol. The van der Waals surface area contributed by atoms with Gasteiger partial charge in [0.15, 0.2) is 0 Å². The SMILES string of the molecule is COC(=O)CC[C@@H]1[C@@](C)([C@@H](C)OC(C)=O)CC[C@H]2[C@@]1(C)CC[C@@]1(C)[C@@H]3CC(C)(C)CC[C@]3(C)CC[C@]21C. The van der Waals surface area contributed by atoms with Gasteiger partial charge < -0.3 is 9.47 Å². The first kappa shape index (κ1) is 28.9. The van der Waals surface area contributed by atoms with Crippen molar-refractivity contribution in [1.82, 2.24) is 0 Å². The van der Waals surface area contributed by atoms with Crippen LogP contribution in [0.2, 0.25) is 0 Å². The van der Waals surface area contributed by atoms with Crippen LogP contribution in [-0.4, -0.2) is 25.2 Å². The maximum absolute atomic E-state index is 12.4. The molecule has 4 nitrogen and oxygen atoms in total. The van der Waals surface area contributed by atoms with Crippen LogP contribution < -0.4 is 0 Å². The summed E-state index contributed by atoms with van der Waals surface area (Å²) in [6.07, 6.45) is 12.5. The number of esters is 2. The summed E-state index contributed by atoms with van der Waals surface area (Å²) in [5, 5.41) is 0. The molecule has 0 heterocycles. The van der Waals surface area contributed by atoms with Crippen molar-refractivity contribution < 1.29 is 19.1 Å². The fourth-order valence-electron chi connectivity index (χ4n) is 11.0. The van der Waals surface area contributed by atoms with Gasteiger partial charge in [-0.15, -0.1) is 0 Å². The lowest BCUT2D eigenvalue weighted by Crippen LogP contribution is -2.67. The Hall–Kier alpha value is -1.06. The van der Waals surface area contributed by atoms with Gasteiger partial charge in [-0.05, 0) is 116 Å². The lowest BCUT2D eigenvalue weighted by atomic mass is 9.30. The van der Waals surface area contributed by atoms with Crippen LogP contribution in [-0.2, 0) is 19.1 Å². The molecule has 0 aromatic carbocycles. The number of hydrogen-bond donors (Lipinski definition) is 0. The van der Waals surface area contributed by atoms with Crippen molar-refractivity contribution >= 4 is 11.9 Å². The molecule has 4 aliphatic rings. The van der Waals surface area contributed by atoms with Crippen LogP contribution >= 0.6 is 0 Å². The second-order valence-corrected chi connectivity index (χ2v) is 15.9. The Bertz CT molecular complexity index is 910. The molecule has 37 heavy (non-hydrogen) atoms. The second-order valence-electron chi connectivity index (χ2n) is 15.9. The first-order valence-electron chi connectivity index (χ1n) is 15.2. The molecule has 0 aromatic heterocycles. The topological polar surface area (TPSA) is 52.6 Å². The van der Waals surface area contributed by atoms with Crippen molar-refractivity contribution in [2.75, 3.05) is 7.11 Å². The fraction of sp³-hybridized carbons (Fsp3) is 0.939. The van der Waals surface area contributed by atoms with E-state index < -0.39 is 0 Å². The zero-order chi connectivity index (χ0) is 27.7. The summed E-state index contributed by atoms with van der Waals surface area (Å²) in [7, 11) is 1.49. The Kier molecular flexibility index (Phi) is 7.24. The lowest BCUT2D eigenvalue weighted by molar-refractivity contribution is -0.258. The van der Waals surface area contributed by atoms with Crippen molar-refractivity contribution in [2.24, 2.45) is 50.2 Å². The Morgan fingerprint density at radius 2 is 1.43 bits per heavy atom. The lowest BCUT2D eigenvalue weighted by Gasteiger charge is -2.74. The van der Waals surface area contributed by atoms with Crippen LogP contribution in [0.1, 0.15) is 133 Å². The number of ether oxygens (including phenoxy) is 2. The van der Waals surface area contributed by atoms with Crippen molar-refractivity contribution in [2.45, 2.75) is 139 Å². The molecule has 4 heteroatoms. The zero-order valence-corrected chi connectivity index (χ0v) is 25.7. The number of carbonyl (C=O) groups excluding carboxylic acids is 2. The molecule has 0 aliphatic heterocycles. The third kappa shape index (κ3) is 4.39. The molecule has 0 spiro atoms. The Labute approximate surface area is 227 Å². The van der Waals surface area contributed by atoms with Gasteiger partial charge in [-0.2, -0.15) is 0 Å². The zero-order valence-electron chi connectivity index (χ0n) is 25.7. The molecular formula is C33H56O4. The van der Waals surface area contributed by atoms with Gasteiger partial charge in [-0.25, -0.2) is 0 Å². The van der Waals surface area contributed by atoms with Crippen LogP contribution in [0.15, 0.2) is 0 Å². The van der Waals surface area contributed by atoms with Gasteiger partial charge in [0.05, 0.1) is 7.11 Å². The van der Waals surface area contributed by atoms with Crippen molar-refractivity contribution in [1.29, 1.82) is 0 Å². The van der Waals surface area contributed by atoms with E-state index in [0.717, 1.165) is 18.8 Å². The fourth-order valence-corrected chi connectivity index (χ4v) is 11.0. The van der Waals surface area contributed by atoms with E-state index in [-0.39, 0.29) is 34.3 Å². The van der Waals surface area contributed by atoms with E-state index in [1.807, 2.05) is 0 Å². The van der Waals surface area contributed by atoms with Crippen molar-refractivity contribution in [3.63, 3.8) is 0 Å². The molecule has 0 radical (unpaired) electrons. The molecule has 4 rings (SSSR count). The summed E-state index contributed by atoms with van der Waals surface area (Å²) in [4.78, 5) is 24.4. The Balaban J connectivity index is 1.74. The van der Waals surface area contributed by atoms with Crippen LogP contribution in [0.4, 0.5) is 0 Å². The maximum atomic E-state index is 12.4. The molecule has 0 amide bonds. The van der Waals surface area contributed by atoms with Crippen LogP contribution in [0, 0.1) is 50.2 Å². The molecule has 4 fully saturated rings. The highest BCUT2D eigenvalue weighted by molar-refractivity contribution is 5.69. The predicted octanol–water partition coefficient (Wildman–Crippen LogP) is 8.36. The Morgan fingerprint density at radius 1 is 0.838 bits per heavy atom. The highest BCUT2D eigenvalue weighted by atomic mass is 16.5. The summed E-state index contributed by atoms with van der Waals surface area (Å²) >= 11 is 0. The van der Waals surface area contributed by atoms with Gasteiger partial charge in [0.2, 0.25) is 0 Å². The standard InChI is InChI=1S/C33H56O4/c1-22(37-23(2)34)30(6)14-13-25-31(7,24(30)11-12-27(35)36-10)18-20-33(9)26-21-28(3,4)15-16-29(26,5)17-19-32(25,33)8/h22,24-26H,11-21H2,1-10H3/t22-,24-,25+,26-,29-,30-,31+,32-,33+/m1/s1. The van der Waals surface area contributed by atoms with Gasteiger partial charge in [-0.1, -0.05) is 48.5 Å². The van der Waals surface area contributed by atoms with E-state index in [0.29, 0.717) is 34.5 Å². The van der Waals surface area contributed by atoms with E-state index in [2.05, 4.69) is 55.4 Å². The average Bonchev–Trinajstić information content (AvgIpc) is 2.80. The normalized spacial score (nSPS) is 47.6. The number of methoxy groups -OCH3 is 1. The molecule has 9 atom stereocenters. The quantitative estimate of drug-likeness (QED) is 0.344.